The van der Waals surface area contributed by atoms with Gasteiger partial charge in [0, 0.05) is 18.0 Å². The Labute approximate surface area is 224 Å². The summed E-state index contributed by atoms with van der Waals surface area (Å²) in [4.78, 5) is 2.52. The highest BCUT2D eigenvalue weighted by Gasteiger charge is 2.15. The summed E-state index contributed by atoms with van der Waals surface area (Å²) in [7, 11) is 0. The highest BCUT2D eigenvalue weighted by atomic mass is 35.5. The number of nitrogens with zero attached hydrogens (tertiary/aromatic N) is 1. The predicted octanol–water partition coefficient (Wildman–Crippen LogP) is 8.42. The smallest absolute Gasteiger partial charge is 0.194 e. The number of ether oxygens (including phenoxy) is 1. The zero-order chi connectivity index (χ0) is 25.6. The number of furan rings is 1. The second kappa shape index (κ2) is 11.9. The van der Waals surface area contributed by atoms with E-state index in [1.165, 1.54) is 44.3 Å². The molecule has 4 aromatic rings. The van der Waals surface area contributed by atoms with Crippen molar-refractivity contribution in [2.24, 2.45) is 0 Å². The monoisotopic (exact) mass is 515 g/mol. The van der Waals surface area contributed by atoms with Crippen molar-refractivity contribution in [3.63, 3.8) is 0 Å². The molecule has 0 bridgehead atoms. The van der Waals surface area contributed by atoms with Crippen LogP contribution >= 0.6 is 11.6 Å². The Bertz CT molecular complexity index is 1350. The lowest BCUT2D eigenvalue weighted by atomic mass is 9.88. The highest BCUT2D eigenvalue weighted by molar-refractivity contribution is 6.29. The van der Waals surface area contributed by atoms with E-state index in [0.717, 1.165) is 51.9 Å². The number of allylic oxidation sites excluding steroid dienone is 1. The van der Waals surface area contributed by atoms with Gasteiger partial charge in [0.15, 0.2) is 5.22 Å². The molecule has 192 valence electrons. The molecule has 4 nitrogen and oxygen atoms in total. The molecule has 5 rings (SSSR count). The Hall–Kier alpha value is -3.21. The fraction of sp³-hybridized carbons (Fsp3) is 0.312. The third kappa shape index (κ3) is 6.20. The van der Waals surface area contributed by atoms with E-state index in [4.69, 9.17) is 20.8 Å². The number of rotatable bonds is 8. The Balaban J connectivity index is 1.44. The summed E-state index contributed by atoms with van der Waals surface area (Å²) in [6, 6.07) is 23.8. The molecular weight excluding hydrogens is 482 g/mol. The number of hydrogen-bond donors (Lipinski definition) is 1. The molecule has 2 heterocycles. The van der Waals surface area contributed by atoms with Crippen LogP contribution in [0.1, 0.15) is 55.7 Å². The van der Waals surface area contributed by atoms with Crippen molar-refractivity contribution < 1.29 is 14.3 Å². The molecule has 0 amide bonds. The first kappa shape index (κ1) is 25.4. The second-order valence-corrected chi connectivity index (χ2v) is 10.1. The molecule has 3 aromatic carbocycles. The number of halogens is 1. The highest BCUT2D eigenvalue weighted by Crippen LogP contribution is 2.37. The topological polar surface area (TPSA) is 45.8 Å². The molecule has 0 spiro atoms. The normalized spacial score (nSPS) is 15.4. The summed E-state index contributed by atoms with van der Waals surface area (Å²) in [6.45, 7) is 6.20. The lowest BCUT2D eigenvalue weighted by Gasteiger charge is -2.20. The van der Waals surface area contributed by atoms with Gasteiger partial charge in [-0.25, -0.2) is 0 Å². The van der Waals surface area contributed by atoms with E-state index in [0.29, 0.717) is 11.8 Å². The number of fused-ring (bicyclic) bond motifs is 1. The van der Waals surface area contributed by atoms with Crippen molar-refractivity contribution in [2.45, 2.75) is 39.0 Å². The molecule has 0 saturated carbocycles. The van der Waals surface area contributed by atoms with Crippen LogP contribution in [0.4, 0.5) is 0 Å². The molecule has 5 heteroatoms. The van der Waals surface area contributed by atoms with Gasteiger partial charge in [-0.15, -0.1) is 0 Å². The van der Waals surface area contributed by atoms with Crippen molar-refractivity contribution in [3.8, 4) is 11.5 Å². The third-order valence-electron chi connectivity index (χ3n) is 7.16. The molecule has 1 aliphatic heterocycles. The molecule has 0 unspecified atom stereocenters. The first-order chi connectivity index (χ1) is 18.1. The summed E-state index contributed by atoms with van der Waals surface area (Å²) in [5.41, 5.74) is 6.39. The molecule has 1 fully saturated rings. The third-order valence-corrected chi connectivity index (χ3v) is 7.35. The SMILES string of the molecule is CC/C(=C(/c1ccc(O)cc1)c1ccc(OCCN2CCCCCC2)cc1)c1ccc2oc(Cl)cc2c1. The van der Waals surface area contributed by atoms with Crippen molar-refractivity contribution in [2.75, 3.05) is 26.2 Å². The quantitative estimate of drug-likeness (QED) is 0.239. The van der Waals surface area contributed by atoms with Crippen molar-refractivity contribution >= 4 is 33.7 Å². The average molecular weight is 516 g/mol. The van der Waals surface area contributed by atoms with E-state index in [1.807, 2.05) is 24.3 Å². The molecule has 1 N–H and O–H groups in total. The van der Waals surface area contributed by atoms with Crippen LogP contribution in [0, 0.1) is 0 Å². The van der Waals surface area contributed by atoms with Crippen molar-refractivity contribution in [3.05, 3.63) is 94.7 Å². The largest absolute Gasteiger partial charge is 0.508 e. The minimum atomic E-state index is 0.253. The molecule has 1 aromatic heterocycles. The van der Waals surface area contributed by atoms with Gasteiger partial charge in [0.05, 0.1) is 0 Å². The van der Waals surface area contributed by atoms with Crippen LogP contribution in [0.25, 0.3) is 22.1 Å². The van der Waals surface area contributed by atoms with Crippen molar-refractivity contribution in [1.29, 1.82) is 0 Å². The Morgan fingerprint density at radius 3 is 2.19 bits per heavy atom. The summed E-state index contributed by atoms with van der Waals surface area (Å²) in [5.74, 6) is 1.14. The van der Waals surface area contributed by atoms with E-state index in [-0.39, 0.29) is 5.75 Å². The summed E-state index contributed by atoms with van der Waals surface area (Å²) in [6.07, 6.45) is 6.11. The van der Waals surface area contributed by atoms with E-state index in [2.05, 4.69) is 48.2 Å². The fourth-order valence-electron chi connectivity index (χ4n) is 5.24. The first-order valence-electron chi connectivity index (χ1n) is 13.3. The Kier molecular flexibility index (Phi) is 8.18. The molecule has 0 atom stereocenters. The van der Waals surface area contributed by atoms with Gasteiger partial charge in [0.1, 0.15) is 23.7 Å². The maximum Gasteiger partial charge on any atom is 0.194 e. The van der Waals surface area contributed by atoms with Crippen LogP contribution in [-0.2, 0) is 0 Å². The van der Waals surface area contributed by atoms with E-state index in [1.54, 1.807) is 12.1 Å². The Morgan fingerprint density at radius 1 is 0.865 bits per heavy atom. The number of benzene rings is 3. The van der Waals surface area contributed by atoms with Crippen LogP contribution < -0.4 is 4.74 Å². The standard InChI is InChI=1S/C32H34ClNO3/c1-2-29(25-11-16-30-26(21-25)22-31(33)37-30)32(23-7-12-27(35)13-8-23)24-9-14-28(15-10-24)36-20-19-34-17-5-3-4-6-18-34/h7-16,21-22,35H,2-6,17-20H2,1H3/b32-29+. The van der Waals surface area contributed by atoms with E-state index in [9.17, 15) is 5.11 Å². The predicted molar refractivity (Wildman–Crippen MR) is 152 cm³/mol. The zero-order valence-electron chi connectivity index (χ0n) is 21.4. The molecule has 1 aliphatic rings. The molecule has 0 radical (unpaired) electrons. The van der Waals surface area contributed by atoms with Crippen molar-refractivity contribution in [1.82, 2.24) is 4.90 Å². The van der Waals surface area contributed by atoms with Gasteiger partial charge in [-0.1, -0.05) is 50.1 Å². The number of phenolic OH excluding ortho intramolecular Hbond substituents is 1. The van der Waals surface area contributed by atoms with Crippen LogP contribution in [0.3, 0.4) is 0 Å². The van der Waals surface area contributed by atoms with Gasteiger partial charge < -0.3 is 14.3 Å². The summed E-state index contributed by atoms with van der Waals surface area (Å²) < 4.78 is 11.7. The number of hydrogen-bond acceptors (Lipinski definition) is 4. The summed E-state index contributed by atoms with van der Waals surface area (Å²) >= 11 is 6.10. The molecular formula is C32H34ClNO3. The van der Waals surface area contributed by atoms with Gasteiger partial charge in [0.2, 0.25) is 0 Å². The van der Waals surface area contributed by atoms with Gasteiger partial charge in [-0.05, 0) is 108 Å². The number of aromatic hydroxyl groups is 1. The minimum Gasteiger partial charge on any atom is -0.508 e. The first-order valence-corrected chi connectivity index (χ1v) is 13.7. The number of likely N-dealkylation sites (tertiary alicyclic amines) is 1. The summed E-state index contributed by atoms with van der Waals surface area (Å²) in [5, 5.41) is 11.3. The van der Waals surface area contributed by atoms with E-state index >= 15 is 0 Å². The molecule has 1 saturated heterocycles. The lowest BCUT2D eigenvalue weighted by Crippen LogP contribution is -2.29. The second-order valence-electron chi connectivity index (χ2n) is 9.69. The van der Waals surface area contributed by atoms with E-state index < -0.39 is 0 Å². The maximum atomic E-state index is 9.91. The maximum absolute atomic E-state index is 9.91. The van der Waals surface area contributed by atoms with Crippen LogP contribution in [0.15, 0.2) is 77.2 Å². The van der Waals surface area contributed by atoms with Gasteiger partial charge in [-0.3, -0.25) is 4.90 Å². The lowest BCUT2D eigenvalue weighted by molar-refractivity contribution is 0.214. The van der Waals surface area contributed by atoms with Crippen LogP contribution in [-0.4, -0.2) is 36.2 Å². The van der Waals surface area contributed by atoms with Crippen LogP contribution in [0.2, 0.25) is 5.22 Å². The van der Waals surface area contributed by atoms with Gasteiger partial charge in [0.25, 0.3) is 0 Å². The van der Waals surface area contributed by atoms with Crippen LogP contribution in [0.5, 0.6) is 11.5 Å². The van der Waals surface area contributed by atoms with Gasteiger partial charge >= 0.3 is 0 Å². The average Bonchev–Trinajstić information content (AvgIpc) is 3.09. The molecule has 37 heavy (non-hydrogen) atoms. The fourth-order valence-corrected chi connectivity index (χ4v) is 5.44. The van der Waals surface area contributed by atoms with Gasteiger partial charge in [-0.2, -0.15) is 0 Å². The zero-order valence-corrected chi connectivity index (χ0v) is 22.1. The minimum absolute atomic E-state index is 0.253. The Morgan fingerprint density at radius 2 is 1.51 bits per heavy atom. The molecule has 0 aliphatic carbocycles. The number of phenols is 1.